The lowest BCUT2D eigenvalue weighted by atomic mass is 9.89. The van der Waals surface area contributed by atoms with Crippen LogP contribution in [-0.2, 0) is 27.8 Å². The van der Waals surface area contributed by atoms with Crippen molar-refractivity contribution in [1.82, 2.24) is 9.62 Å². The first-order valence-electron chi connectivity index (χ1n) is 9.94. The average molecular weight is 411 g/mol. The number of ether oxygens (including phenoxy) is 2. The van der Waals surface area contributed by atoms with Crippen LogP contribution in [0.2, 0.25) is 0 Å². The zero-order chi connectivity index (χ0) is 20.1. The Morgan fingerprint density at radius 1 is 1.11 bits per heavy atom. The normalized spacial score (nSPS) is 18.4. The van der Waals surface area contributed by atoms with Crippen molar-refractivity contribution in [2.24, 2.45) is 5.92 Å². The highest BCUT2D eigenvalue weighted by Crippen LogP contribution is 2.33. The molecule has 1 aromatic carbocycles. The van der Waals surface area contributed by atoms with E-state index in [1.165, 1.54) is 10.7 Å². The molecule has 2 aliphatic rings. The van der Waals surface area contributed by atoms with Gasteiger partial charge in [0.1, 0.15) is 0 Å². The average Bonchev–Trinajstić information content (AvgIpc) is 2.72. The molecule has 28 heavy (non-hydrogen) atoms. The van der Waals surface area contributed by atoms with Crippen molar-refractivity contribution in [2.75, 3.05) is 33.1 Å². The number of nitrogens with zero attached hydrogens (tertiary/aromatic N) is 1. The van der Waals surface area contributed by atoms with Gasteiger partial charge >= 0.3 is 0 Å². The predicted molar refractivity (Wildman–Crippen MR) is 107 cm³/mol. The van der Waals surface area contributed by atoms with Gasteiger partial charge in [-0.2, -0.15) is 4.31 Å². The topological polar surface area (TPSA) is 84.9 Å². The quantitative estimate of drug-likeness (QED) is 0.744. The molecule has 0 bridgehead atoms. The molecule has 7 nitrogen and oxygen atoms in total. The summed E-state index contributed by atoms with van der Waals surface area (Å²) in [5, 5.41) is 2.82. The predicted octanol–water partition coefficient (Wildman–Crippen LogP) is 2.09. The Labute approximate surface area is 167 Å². The summed E-state index contributed by atoms with van der Waals surface area (Å²) >= 11 is 0. The van der Waals surface area contributed by atoms with Crippen LogP contribution in [0.15, 0.2) is 12.1 Å². The second kappa shape index (κ2) is 9.13. The molecule has 1 N–H and O–H groups in total. The standard InChI is InChI=1S/C20H30N2O5S/c1-26-18-12-16-8-10-22(14-17(16)13-19(18)27-2)28(24,25)11-9-21-20(23)15-6-4-3-5-7-15/h12-13,15H,3-11,14H2,1-2H3,(H,21,23). The molecule has 3 rings (SSSR count). The third-order valence-electron chi connectivity index (χ3n) is 5.71. The number of hydrogen-bond acceptors (Lipinski definition) is 5. The molecule has 1 aliphatic carbocycles. The first kappa shape index (κ1) is 20.9. The Morgan fingerprint density at radius 3 is 2.39 bits per heavy atom. The van der Waals surface area contributed by atoms with E-state index < -0.39 is 10.0 Å². The highest BCUT2D eigenvalue weighted by molar-refractivity contribution is 7.89. The maximum atomic E-state index is 12.7. The molecule has 0 radical (unpaired) electrons. The van der Waals surface area contributed by atoms with Crippen LogP contribution in [0.4, 0.5) is 0 Å². The van der Waals surface area contributed by atoms with Crippen LogP contribution in [0.3, 0.4) is 0 Å². The minimum Gasteiger partial charge on any atom is -0.493 e. The van der Waals surface area contributed by atoms with Gasteiger partial charge in [-0.25, -0.2) is 8.42 Å². The third kappa shape index (κ3) is 4.78. The summed E-state index contributed by atoms with van der Waals surface area (Å²) in [5.74, 6) is 1.22. The van der Waals surface area contributed by atoms with Crippen molar-refractivity contribution in [3.63, 3.8) is 0 Å². The molecule has 0 unspecified atom stereocenters. The van der Waals surface area contributed by atoms with Gasteiger partial charge in [-0.15, -0.1) is 0 Å². The van der Waals surface area contributed by atoms with E-state index in [0.29, 0.717) is 31.0 Å². The maximum absolute atomic E-state index is 12.7. The smallest absolute Gasteiger partial charge is 0.223 e. The summed E-state index contributed by atoms with van der Waals surface area (Å²) in [6.07, 6.45) is 5.80. The van der Waals surface area contributed by atoms with Gasteiger partial charge in [-0.05, 0) is 42.5 Å². The number of carbonyl (C=O) groups is 1. The van der Waals surface area contributed by atoms with E-state index in [1.807, 2.05) is 12.1 Å². The maximum Gasteiger partial charge on any atom is 0.223 e. The molecule has 1 fully saturated rings. The summed E-state index contributed by atoms with van der Waals surface area (Å²) in [6, 6.07) is 3.77. The minimum atomic E-state index is -3.44. The van der Waals surface area contributed by atoms with Gasteiger partial charge < -0.3 is 14.8 Å². The fourth-order valence-electron chi connectivity index (χ4n) is 4.04. The van der Waals surface area contributed by atoms with E-state index in [-0.39, 0.29) is 24.1 Å². The number of hydrogen-bond donors (Lipinski definition) is 1. The van der Waals surface area contributed by atoms with Crippen LogP contribution in [0.25, 0.3) is 0 Å². The van der Waals surface area contributed by atoms with Crippen molar-refractivity contribution < 1.29 is 22.7 Å². The van der Waals surface area contributed by atoms with E-state index in [0.717, 1.165) is 36.8 Å². The van der Waals surface area contributed by atoms with Crippen molar-refractivity contribution in [3.05, 3.63) is 23.3 Å². The van der Waals surface area contributed by atoms with E-state index >= 15 is 0 Å². The Hall–Kier alpha value is -1.80. The van der Waals surface area contributed by atoms with Crippen molar-refractivity contribution in [2.45, 2.75) is 45.1 Å². The van der Waals surface area contributed by atoms with Gasteiger partial charge in [0.2, 0.25) is 15.9 Å². The van der Waals surface area contributed by atoms with Gasteiger partial charge in [0.25, 0.3) is 0 Å². The summed E-state index contributed by atoms with van der Waals surface area (Å²) in [5.41, 5.74) is 2.01. The van der Waals surface area contributed by atoms with Crippen LogP contribution < -0.4 is 14.8 Å². The number of nitrogens with one attached hydrogen (secondary N) is 1. The molecule has 0 spiro atoms. The molecular formula is C20H30N2O5S. The number of fused-ring (bicyclic) bond motifs is 1. The Balaban J connectivity index is 1.58. The summed E-state index contributed by atoms with van der Waals surface area (Å²) in [7, 11) is -0.286. The van der Waals surface area contributed by atoms with Crippen molar-refractivity contribution in [3.8, 4) is 11.5 Å². The molecule has 1 aliphatic heterocycles. The zero-order valence-electron chi connectivity index (χ0n) is 16.7. The largest absolute Gasteiger partial charge is 0.493 e. The first-order chi connectivity index (χ1) is 13.4. The lowest BCUT2D eigenvalue weighted by Crippen LogP contribution is -2.41. The monoisotopic (exact) mass is 410 g/mol. The lowest BCUT2D eigenvalue weighted by molar-refractivity contribution is -0.125. The molecule has 1 saturated carbocycles. The number of benzene rings is 1. The van der Waals surface area contributed by atoms with Gasteiger partial charge in [0.05, 0.1) is 20.0 Å². The van der Waals surface area contributed by atoms with E-state index in [2.05, 4.69) is 5.32 Å². The first-order valence-corrected chi connectivity index (χ1v) is 11.5. The molecule has 1 aromatic rings. The molecule has 1 amide bonds. The Morgan fingerprint density at radius 2 is 1.75 bits per heavy atom. The Kier molecular flexibility index (Phi) is 6.82. The lowest BCUT2D eigenvalue weighted by Gasteiger charge is -2.29. The van der Waals surface area contributed by atoms with E-state index in [1.54, 1.807) is 14.2 Å². The molecule has 8 heteroatoms. The van der Waals surface area contributed by atoms with E-state index in [4.69, 9.17) is 9.47 Å². The third-order valence-corrected chi connectivity index (χ3v) is 7.53. The fraction of sp³-hybridized carbons (Fsp3) is 0.650. The van der Waals surface area contributed by atoms with Crippen LogP contribution in [0.5, 0.6) is 11.5 Å². The van der Waals surface area contributed by atoms with Crippen LogP contribution >= 0.6 is 0 Å². The number of rotatable bonds is 7. The van der Waals surface area contributed by atoms with Crippen LogP contribution in [-0.4, -0.2) is 51.7 Å². The number of carbonyl (C=O) groups excluding carboxylic acids is 1. The highest BCUT2D eigenvalue weighted by atomic mass is 32.2. The molecular weight excluding hydrogens is 380 g/mol. The molecule has 0 saturated heterocycles. The van der Waals surface area contributed by atoms with Gasteiger partial charge in [0, 0.05) is 25.6 Å². The summed E-state index contributed by atoms with van der Waals surface area (Å²) < 4.78 is 37.6. The molecule has 0 aromatic heterocycles. The fourth-order valence-corrected chi connectivity index (χ4v) is 5.36. The molecule has 1 heterocycles. The van der Waals surface area contributed by atoms with E-state index in [9.17, 15) is 13.2 Å². The highest BCUT2D eigenvalue weighted by Gasteiger charge is 2.28. The minimum absolute atomic E-state index is 0.00396. The second-order valence-corrected chi connectivity index (χ2v) is 9.59. The summed E-state index contributed by atoms with van der Waals surface area (Å²) in [4.78, 5) is 12.2. The van der Waals surface area contributed by atoms with Gasteiger partial charge in [0.15, 0.2) is 11.5 Å². The summed E-state index contributed by atoms with van der Waals surface area (Å²) in [6.45, 7) is 0.906. The van der Waals surface area contributed by atoms with Gasteiger partial charge in [-0.3, -0.25) is 4.79 Å². The number of amides is 1. The van der Waals surface area contributed by atoms with Crippen molar-refractivity contribution >= 4 is 15.9 Å². The Bertz CT molecular complexity index is 803. The van der Waals surface area contributed by atoms with Crippen LogP contribution in [0, 0.1) is 5.92 Å². The SMILES string of the molecule is COc1cc2c(cc1OC)CN(S(=O)(=O)CCNC(=O)C1CCCCC1)CC2. The zero-order valence-corrected chi connectivity index (χ0v) is 17.5. The molecule has 156 valence electrons. The second-order valence-electron chi connectivity index (χ2n) is 7.50. The number of methoxy groups -OCH3 is 2. The van der Waals surface area contributed by atoms with Gasteiger partial charge in [-0.1, -0.05) is 19.3 Å². The molecule has 0 atom stereocenters. The number of sulfonamides is 1. The van der Waals surface area contributed by atoms with Crippen molar-refractivity contribution in [1.29, 1.82) is 0 Å². The van der Waals surface area contributed by atoms with Crippen LogP contribution in [0.1, 0.15) is 43.2 Å².